The Kier molecular flexibility index (Phi) is 4.57. The normalized spacial score (nSPS) is 11.8. The monoisotopic (exact) mass is 370 g/mol. The predicted molar refractivity (Wildman–Crippen MR) is 84.9 cm³/mol. The summed E-state index contributed by atoms with van der Waals surface area (Å²) in [5, 5.41) is 11.7. The van der Waals surface area contributed by atoms with Crippen LogP contribution < -0.4 is 5.32 Å². The van der Waals surface area contributed by atoms with Gasteiger partial charge in [0.15, 0.2) is 0 Å². The summed E-state index contributed by atoms with van der Waals surface area (Å²) in [5.41, 5.74) is 2.31. The molecule has 0 saturated heterocycles. The molecule has 1 aromatic carbocycles. The molecule has 102 valence electrons. The summed E-state index contributed by atoms with van der Waals surface area (Å²) in [6.07, 6.45) is 2.00. The second kappa shape index (κ2) is 6.00. The van der Waals surface area contributed by atoms with Gasteiger partial charge in [0.2, 0.25) is 0 Å². The minimum absolute atomic E-state index is 0.0971. The first-order valence-corrected chi connectivity index (χ1v) is 7.39. The van der Waals surface area contributed by atoms with Gasteiger partial charge in [0, 0.05) is 15.7 Å². The molecule has 2 aromatic rings. The molecule has 4 nitrogen and oxygen atoms in total. The van der Waals surface area contributed by atoms with Gasteiger partial charge in [0.25, 0.3) is 0 Å². The van der Waals surface area contributed by atoms with Crippen molar-refractivity contribution in [1.82, 2.24) is 20.3 Å². The van der Waals surface area contributed by atoms with Crippen LogP contribution in [0, 0.1) is 3.57 Å². The summed E-state index contributed by atoms with van der Waals surface area (Å²) in [6, 6.07) is 8.46. The number of hydrogen-bond acceptors (Lipinski definition) is 3. The zero-order chi connectivity index (χ0) is 13.9. The number of rotatable bonds is 4. The molecule has 0 amide bonds. The number of halogens is 1. The van der Waals surface area contributed by atoms with Gasteiger partial charge >= 0.3 is 0 Å². The van der Waals surface area contributed by atoms with Crippen molar-refractivity contribution in [3.63, 3.8) is 0 Å². The number of hydrogen-bond donors (Lipinski definition) is 1. The van der Waals surface area contributed by atoms with Gasteiger partial charge in [-0.3, -0.25) is 0 Å². The number of aromatic nitrogens is 3. The van der Waals surface area contributed by atoms with Crippen LogP contribution in [0.5, 0.6) is 0 Å². The van der Waals surface area contributed by atoms with Crippen LogP contribution in [0.1, 0.15) is 32.0 Å². The van der Waals surface area contributed by atoms with E-state index in [0.717, 1.165) is 18.8 Å². The first-order valence-electron chi connectivity index (χ1n) is 6.31. The molecule has 19 heavy (non-hydrogen) atoms. The van der Waals surface area contributed by atoms with E-state index in [1.54, 1.807) is 0 Å². The van der Waals surface area contributed by atoms with Crippen LogP contribution in [0.2, 0.25) is 0 Å². The van der Waals surface area contributed by atoms with Crippen LogP contribution in [0.4, 0.5) is 0 Å². The summed E-state index contributed by atoms with van der Waals surface area (Å²) in [4.78, 5) is 0. The van der Waals surface area contributed by atoms with Gasteiger partial charge in [-0.1, -0.05) is 17.3 Å². The molecule has 0 bridgehead atoms. The van der Waals surface area contributed by atoms with Gasteiger partial charge in [0.05, 0.1) is 18.4 Å². The molecule has 0 fully saturated rings. The maximum atomic E-state index is 4.18. The molecule has 2 rings (SSSR count). The maximum Gasteiger partial charge on any atom is 0.0965 e. The van der Waals surface area contributed by atoms with Crippen molar-refractivity contribution in [2.24, 2.45) is 0 Å². The Morgan fingerprint density at radius 2 is 1.89 bits per heavy atom. The average molecular weight is 370 g/mol. The fraction of sp³-hybridized carbons (Fsp3) is 0.429. The van der Waals surface area contributed by atoms with E-state index >= 15 is 0 Å². The fourth-order valence-corrected chi connectivity index (χ4v) is 1.99. The first kappa shape index (κ1) is 14.5. The van der Waals surface area contributed by atoms with E-state index in [1.165, 1.54) is 9.13 Å². The van der Waals surface area contributed by atoms with E-state index in [-0.39, 0.29) is 5.54 Å². The molecule has 0 radical (unpaired) electrons. The highest BCUT2D eigenvalue weighted by molar-refractivity contribution is 14.1. The van der Waals surface area contributed by atoms with Crippen molar-refractivity contribution in [3.05, 3.63) is 45.3 Å². The lowest BCUT2D eigenvalue weighted by Crippen LogP contribution is -2.35. The van der Waals surface area contributed by atoms with Crippen molar-refractivity contribution in [1.29, 1.82) is 0 Å². The second-order valence-corrected chi connectivity index (χ2v) is 6.88. The van der Waals surface area contributed by atoms with E-state index in [4.69, 9.17) is 0 Å². The standard InChI is InChI=1S/C14H19IN4/c1-14(2,3)16-8-13-10-19(18-17-13)9-11-4-6-12(15)7-5-11/h4-7,10,16H,8-9H2,1-3H3. The highest BCUT2D eigenvalue weighted by Gasteiger charge is 2.10. The van der Waals surface area contributed by atoms with Crippen molar-refractivity contribution in [2.75, 3.05) is 0 Å². The molecule has 0 aliphatic rings. The average Bonchev–Trinajstić information content (AvgIpc) is 2.77. The molecule has 0 unspecified atom stereocenters. The van der Waals surface area contributed by atoms with E-state index in [0.29, 0.717) is 0 Å². The topological polar surface area (TPSA) is 42.7 Å². The van der Waals surface area contributed by atoms with Crippen molar-refractivity contribution in [3.8, 4) is 0 Å². The van der Waals surface area contributed by atoms with Crippen molar-refractivity contribution < 1.29 is 0 Å². The van der Waals surface area contributed by atoms with E-state index in [9.17, 15) is 0 Å². The third kappa shape index (κ3) is 4.91. The minimum atomic E-state index is 0.0971. The fourth-order valence-electron chi connectivity index (χ4n) is 1.63. The van der Waals surface area contributed by atoms with Crippen molar-refractivity contribution >= 4 is 22.6 Å². The second-order valence-electron chi connectivity index (χ2n) is 5.64. The predicted octanol–water partition coefficient (Wildman–Crippen LogP) is 2.82. The van der Waals surface area contributed by atoms with E-state index < -0.39 is 0 Å². The summed E-state index contributed by atoms with van der Waals surface area (Å²) in [6.45, 7) is 7.94. The lowest BCUT2D eigenvalue weighted by Gasteiger charge is -2.19. The van der Waals surface area contributed by atoms with Gasteiger partial charge in [-0.05, 0) is 61.1 Å². The Hall–Kier alpha value is -0.950. The molecule has 1 aromatic heterocycles. The number of nitrogens with zero attached hydrogens (tertiary/aromatic N) is 3. The molecule has 0 spiro atoms. The Balaban J connectivity index is 1.95. The Morgan fingerprint density at radius 1 is 1.21 bits per heavy atom. The lowest BCUT2D eigenvalue weighted by atomic mass is 10.1. The minimum Gasteiger partial charge on any atom is -0.306 e. The maximum absolute atomic E-state index is 4.18. The van der Waals surface area contributed by atoms with Crippen LogP contribution >= 0.6 is 22.6 Å². The van der Waals surface area contributed by atoms with Crippen LogP contribution in [0.25, 0.3) is 0 Å². The summed E-state index contributed by atoms with van der Waals surface area (Å²) in [5.74, 6) is 0. The van der Waals surface area contributed by atoms with Gasteiger partial charge in [0.1, 0.15) is 0 Å². The summed E-state index contributed by atoms with van der Waals surface area (Å²) in [7, 11) is 0. The van der Waals surface area contributed by atoms with Crippen LogP contribution in [0.15, 0.2) is 30.5 Å². The molecule has 5 heteroatoms. The lowest BCUT2D eigenvalue weighted by molar-refractivity contribution is 0.421. The quantitative estimate of drug-likeness (QED) is 0.842. The van der Waals surface area contributed by atoms with Gasteiger partial charge < -0.3 is 5.32 Å². The number of benzene rings is 1. The van der Waals surface area contributed by atoms with Gasteiger partial charge in [-0.2, -0.15) is 0 Å². The van der Waals surface area contributed by atoms with Crippen LogP contribution in [-0.4, -0.2) is 20.5 Å². The smallest absolute Gasteiger partial charge is 0.0965 e. The SMILES string of the molecule is CC(C)(C)NCc1cn(Cc2ccc(I)cc2)nn1. The zero-order valence-electron chi connectivity index (χ0n) is 11.5. The Labute approximate surface area is 127 Å². The highest BCUT2D eigenvalue weighted by Crippen LogP contribution is 2.08. The first-order chi connectivity index (χ1) is 8.92. The molecule has 1 heterocycles. The molecular weight excluding hydrogens is 351 g/mol. The van der Waals surface area contributed by atoms with Crippen molar-refractivity contribution in [2.45, 2.75) is 39.4 Å². The molecule has 0 saturated carbocycles. The van der Waals surface area contributed by atoms with Crippen LogP contribution in [-0.2, 0) is 13.1 Å². The summed E-state index contributed by atoms with van der Waals surface area (Å²) >= 11 is 2.31. The third-order valence-electron chi connectivity index (χ3n) is 2.64. The molecule has 1 N–H and O–H groups in total. The molecule has 0 aliphatic heterocycles. The van der Waals surface area contributed by atoms with E-state index in [1.807, 2.05) is 10.9 Å². The van der Waals surface area contributed by atoms with E-state index in [2.05, 4.69) is 83.3 Å². The number of nitrogens with one attached hydrogen (secondary N) is 1. The molecule has 0 atom stereocenters. The summed E-state index contributed by atoms with van der Waals surface area (Å²) < 4.78 is 3.12. The molecule has 0 aliphatic carbocycles. The third-order valence-corrected chi connectivity index (χ3v) is 3.36. The highest BCUT2D eigenvalue weighted by atomic mass is 127. The van der Waals surface area contributed by atoms with Gasteiger partial charge in [-0.15, -0.1) is 5.10 Å². The Morgan fingerprint density at radius 3 is 2.53 bits per heavy atom. The zero-order valence-corrected chi connectivity index (χ0v) is 13.7. The molecular formula is C14H19IN4. The van der Waals surface area contributed by atoms with Gasteiger partial charge in [-0.25, -0.2) is 4.68 Å². The Bertz CT molecular complexity index is 525. The largest absolute Gasteiger partial charge is 0.306 e. The van der Waals surface area contributed by atoms with Crippen LogP contribution in [0.3, 0.4) is 0 Å².